The number of aliphatic hydroxyl groups excluding tert-OH is 1. The molecule has 148 valence electrons. The Kier molecular flexibility index (Phi) is 5.51. The molecule has 6 atom stereocenters. The van der Waals surface area contributed by atoms with Crippen molar-refractivity contribution in [2.24, 2.45) is 17.8 Å². The first-order chi connectivity index (χ1) is 13.7. The molecule has 1 N–H and O–H groups in total. The van der Waals surface area contributed by atoms with Gasteiger partial charge in [-0.05, 0) is 66.8 Å². The zero-order chi connectivity index (χ0) is 19.7. The Hall–Kier alpha value is -2.17. The second kappa shape index (κ2) is 8.06. The topological polar surface area (TPSA) is 45.6 Å². The third-order valence-electron chi connectivity index (χ3n) is 6.76. The Bertz CT molecular complexity index is 865. The molecule has 0 aliphatic carbocycles. The van der Waals surface area contributed by atoms with Gasteiger partial charge in [-0.3, -0.25) is 9.88 Å². The number of allylic oxidation sites excluding steroid dienone is 1. The van der Waals surface area contributed by atoms with Crippen LogP contribution < -0.4 is 4.74 Å². The summed E-state index contributed by atoms with van der Waals surface area (Å²) in [7, 11) is 1.66. The van der Waals surface area contributed by atoms with Crippen LogP contribution in [0.2, 0.25) is 0 Å². The van der Waals surface area contributed by atoms with E-state index in [0.29, 0.717) is 17.8 Å². The Labute approximate surface area is 167 Å². The molecule has 3 aliphatic heterocycles. The van der Waals surface area contributed by atoms with E-state index in [9.17, 15) is 5.11 Å². The highest BCUT2D eigenvalue weighted by Gasteiger charge is 2.46. The summed E-state index contributed by atoms with van der Waals surface area (Å²) in [5, 5.41) is 12.4. The van der Waals surface area contributed by atoms with Gasteiger partial charge in [-0.15, -0.1) is 13.2 Å². The maximum absolute atomic E-state index is 11.4. The maximum atomic E-state index is 11.4. The number of hydrogen-bond acceptors (Lipinski definition) is 4. The highest BCUT2D eigenvalue weighted by molar-refractivity contribution is 5.83. The van der Waals surface area contributed by atoms with Gasteiger partial charge in [0.1, 0.15) is 5.75 Å². The Morgan fingerprint density at radius 3 is 2.89 bits per heavy atom. The van der Waals surface area contributed by atoms with Crippen LogP contribution in [0.15, 0.2) is 55.8 Å². The fourth-order valence-electron chi connectivity index (χ4n) is 5.29. The third-order valence-corrected chi connectivity index (χ3v) is 6.76. The van der Waals surface area contributed by atoms with E-state index < -0.39 is 6.10 Å². The van der Waals surface area contributed by atoms with E-state index >= 15 is 0 Å². The monoisotopic (exact) mass is 378 g/mol. The lowest BCUT2D eigenvalue weighted by Gasteiger charge is -2.54. The number of pyridine rings is 1. The fourth-order valence-corrected chi connectivity index (χ4v) is 5.29. The van der Waals surface area contributed by atoms with E-state index in [-0.39, 0.29) is 6.04 Å². The van der Waals surface area contributed by atoms with Crippen LogP contribution in [-0.4, -0.2) is 41.2 Å². The Morgan fingerprint density at radius 1 is 1.32 bits per heavy atom. The number of ether oxygens (including phenoxy) is 1. The largest absolute Gasteiger partial charge is 0.497 e. The van der Waals surface area contributed by atoms with Crippen LogP contribution in [0.1, 0.15) is 30.9 Å². The molecule has 0 radical (unpaired) electrons. The van der Waals surface area contributed by atoms with Crippen molar-refractivity contribution in [2.75, 3.05) is 20.2 Å². The van der Waals surface area contributed by atoms with E-state index in [4.69, 9.17) is 4.74 Å². The predicted octanol–water partition coefficient (Wildman–Crippen LogP) is 4.37. The van der Waals surface area contributed by atoms with Gasteiger partial charge in [0.2, 0.25) is 0 Å². The number of aliphatic hydroxyl groups is 1. The molecule has 3 fully saturated rings. The summed E-state index contributed by atoms with van der Waals surface area (Å²) in [6, 6.07) is 7.94. The van der Waals surface area contributed by atoms with Crippen LogP contribution in [0, 0.1) is 17.8 Å². The average molecular weight is 379 g/mol. The average Bonchev–Trinajstić information content (AvgIpc) is 2.76. The molecule has 1 aromatic carbocycles. The molecular formula is C24H30N2O2. The van der Waals surface area contributed by atoms with Gasteiger partial charge in [0.25, 0.3) is 0 Å². The number of hydrogen-bond donors (Lipinski definition) is 1. The Morgan fingerprint density at radius 2 is 2.18 bits per heavy atom. The van der Waals surface area contributed by atoms with Crippen molar-refractivity contribution >= 4 is 10.9 Å². The second-order valence-corrected chi connectivity index (χ2v) is 8.17. The van der Waals surface area contributed by atoms with Crippen molar-refractivity contribution in [2.45, 2.75) is 31.4 Å². The number of rotatable bonds is 7. The SMILES string of the molecule is C=CCCC1CN2C[C@H](C=C)C1C[C@H]2[C@H](O)c1ccnc2ccc(OC)cc12. The lowest BCUT2D eigenvalue weighted by atomic mass is 9.67. The molecule has 2 bridgehead atoms. The quantitative estimate of drug-likeness (QED) is 0.727. The van der Waals surface area contributed by atoms with Crippen molar-refractivity contribution in [3.05, 3.63) is 61.3 Å². The van der Waals surface area contributed by atoms with Gasteiger partial charge in [0, 0.05) is 30.7 Å². The van der Waals surface area contributed by atoms with Gasteiger partial charge in [0.05, 0.1) is 18.7 Å². The molecule has 5 rings (SSSR count). The molecule has 4 heterocycles. The summed E-state index contributed by atoms with van der Waals surface area (Å²) in [5.74, 6) is 2.55. The van der Waals surface area contributed by atoms with Crippen LogP contribution >= 0.6 is 0 Å². The van der Waals surface area contributed by atoms with E-state index in [2.05, 4.69) is 29.1 Å². The molecule has 4 heteroatoms. The van der Waals surface area contributed by atoms with Crippen molar-refractivity contribution in [3.8, 4) is 5.75 Å². The van der Waals surface area contributed by atoms with Crippen LogP contribution in [0.3, 0.4) is 0 Å². The second-order valence-electron chi connectivity index (χ2n) is 8.17. The summed E-state index contributed by atoms with van der Waals surface area (Å²) < 4.78 is 5.39. The van der Waals surface area contributed by atoms with Crippen LogP contribution in [-0.2, 0) is 0 Å². The van der Waals surface area contributed by atoms with Gasteiger partial charge >= 0.3 is 0 Å². The minimum Gasteiger partial charge on any atom is -0.497 e. The molecule has 3 unspecified atom stereocenters. The molecule has 2 aromatic rings. The van der Waals surface area contributed by atoms with Crippen LogP contribution in [0.4, 0.5) is 0 Å². The van der Waals surface area contributed by atoms with Crippen LogP contribution in [0.5, 0.6) is 5.75 Å². The molecule has 0 saturated carbocycles. The standard InChI is InChI=1S/C24H30N2O2/c1-4-6-7-17-15-26-14-16(5-2)20(17)13-23(26)24(27)19-10-11-25-22-9-8-18(28-3)12-21(19)22/h4-5,8-12,16-17,20,23-24,27H,1-2,6-7,13-15H2,3H3/t16-,17?,20?,23-,24+/m0/s1. The van der Waals surface area contributed by atoms with Gasteiger partial charge in [-0.1, -0.05) is 12.2 Å². The van der Waals surface area contributed by atoms with Gasteiger partial charge in [-0.2, -0.15) is 0 Å². The molecule has 3 saturated heterocycles. The van der Waals surface area contributed by atoms with Crippen molar-refractivity contribution in [1.29, 1.82) is 0 Å². The predicted molar refractivity (Wildman–Crippen MR) is 113 cm³/mol. The number of aromatic nitrogens is 1. The zero-order valence-corrected chi connectivity index (χ0v) is 16.6. The molecule has 0 amide bonds. The minimum atomic E-state index is -0.536. The van der Waals surface area contributed by atoms with Gasteiger partial charge in [0.15, 0.2) is 0 Å². The lowest BCUT2D eigenvalue weighted by molar-refractivity contribution is -0.0765. The third kappa shape index (κ3) is 3.36. The lowest BCUT2D eigenvalue weighted by Crippen LogP contribution is -2.58. The van der Waals surface area contributed by atoms with E-state index in [1.54, 1.807) is 13.3 Å². The summed E-state index contributed by atoms with van der Waals surface area (Å²) in [5.41, 5.74) is 1.83. The summed E-state index contributed by atoms with van der Waals surface area (Å²) >= 11 is 0. The van der Waals surface area contributed by atoms with Crippen molar-refractivity contribution < 1.29 is 9.84 Å². The summed E-state index contributed by atoms with van der Waals surface area (Å²) in [6.45, 7) is 10.0. The van der Waals surface area contributed by atoms with Crippen molar-refractivity contribution in [3.63, 3.8) is 0 Å². The van der Waals surface area contributed by atoms with E-state index in [1.165, 1.54) is 6.42 Å². The van der Waals surface area contributed by atoms with E-state index in [1.807, 2.05) is 30.3 Å². The Balaban J connectivity index is 1.63. The molecule has 28 heavy (non-hydrogen) atoms. The molecule has 4 nitrogen and oxygen atoms in total. The number of fused-ring (bicyclic) bond motifs is 4. The highest BCUT2D eigenvalue weighted by atomic mass is 16.5. The minimum absolute atomic E-state index is 0.137. The maximum Gasteiger partial charge on any atom is 0.119 e. The number of benzene rings is 1. The van der Waals surface area contributed by atoms with Crippen LogP contribution in [0.25, 0.3) is 10.9 Å². The summed E-state index contributed by atoms with van der Waals surface area (Å²) in [6.07, 6.45) is 8.63. The number of piperidine rings is 3. The number of methoxy groups -OCH3 is 1. The zero-order valence-electron chi connectivity index (χ0n) is 16.6. The highest BCUT2D eigenvalue weighted by Crippen LogP contribution is 2.46. The molecule has 0 spiro atoms. The van der Waals surface area contributed by atoms with Gasteiger partial charge < -0.3 is 9.84 Å². The smallest absolute Gasteiger partial charge is 0.119 e. The van der Waals surface area contributed by atoms with Crippen molar-refractivity contribution in [1.82, 2.24) is 9.88 Å². The first-order valence-corrected chi connectivity index (χ1v) is 10.2. The van der Waals surface area contributed by atoms with E-state index in [0.717, 1.165) is 48.1 Å². The fraction of sp³-hybridized carbons (Fsp3) is 0.458. The number of nitrogens with zero attached hydrogens (tertiary/aromatic N) is 2. The normalized spacial score (nSPS) is 30.1. The first kappa shape index (κ1) is 19.2. The molecule has 1 aromatic heterocycles. The first-order valence-electron chi connectivity index (χ1n) is 10.2. The van der Waals surface area contributed by atoms with Gasteiger partial charge in [-0.25, -0.2) is 0 Å². The summed E-state index contributed by atoms with van der Waals surface area (Å²) in [4.78, 5) is 6.94. The molecule has 3 aliphatic rings. The molecular weight excluding hydrogens is 348 g/mol.